The van der Waals surface area contributed by atoms with E-state index in [2.05, 4.69) is 18.4 Å². The van der Waals surface area contributed by atoms with Gasteiger partial charge in [0.05, 0.1) is 18.8 Å². The molecule has 0 bridgehead atoms. The molecular weight excluding hydrogens is 695 g/mol. The quantitative estimate of drug-likeness (QED) is 0.0163. The summed E-state index contributed by atoms with van der Waals surface area (Å²) < 4.78 is 26.2. The molecule has 0 aliphatic heterocycles. The lowest BCUT2D eigenvalue weighted by Crippen LogP contribution is -2.29. The number of hydrogen-bond donors (Lipinski definition) is 4. The van der Waals surface area contributed by atoms with Gasteiger partial charge in [-0.05, 0) is 44.4 Å². The third-order valence-electron chi connectivity index (χ3n) is 8.10. The highest BCUT2D eigenvalue weighted by Gasteiger charge is 2.22. The van der Waals surface area contributed by atoms with E-state index in [9.17, 15) is 24.4 Å². The number of carbonyl (C=O) groups is 2. The van der Waals surface area contributed by atoms with Crippen LogP contribution >= 0.6 is 7.82 Å². The van der Waals surface area contributed by atoms with Crippen molar-refractivity contribution in [2.45, 2.75) is 161 Å². The Hall–Kier alpha value is -2.59. The molecule has 0 unspecified atom stereocenters. The van der Waals surface area contributed by atoms with Crippen molar-refractivity contribution in [2.75, 3.05) is 13.2 Å². The maximum absolute atomic E-state index is 12.4. The molecule has 0 aromatic rings. The number of allylic oxidation sites excluding steroid dienone is 8. The molecule has 0 aliphatic rings. The number of phosphoric acid groups is 1. The van der Waals surface area contributed by atoms with E-state index in [0.29, 0.717) is 32.1 Å². The summed E-state index contributed by atoms with van der Waals surface area (Å²) in [6.45, 7) is 5.64. The van der Waals surface area contributed by atoms with Gasteiger partial charge in [-0.25, -0.2) is 4.57 Å². The summed E-state index contributed by atoms with van der Waals surface area (Å²) in [6.07, 6.45) is 37.1. The van der Waals surface area contributed by atoms with Crippen molar-refractivity contribution >= 4 is 19.8 Å². The number of aliphatic hydroxyl groups is 2. The van der Waals surface area contributed by atoms with Crippen LogP contribution in [0.1, 0.15) is 143 Å². The van der Waals surface area contributed by atoms with Crippen molar-refractivity contribution < 1.29 is 48.2 Å². The van der Waals surface area contributed by atoms with Gasteiger partial charge in [-0.3, -0.25) is 14.1 Å². The number of ether oxygens (including phenoxy) is 2. The Morgan fingerprint density at radius 1 is 0.642 bits per heavy atom. The fourth-order valence-electron chi connectivity index (χ4n) is 5.11. The molecular formula is C42H71O10P. The predicted molar refractivity (Wildman–Crippen MR) is 214 cm³/mol. The van der Waals surface area contributed by atoms with Gasteiger partial charge in [-0.2, -0.15) is 0 Å². The van der Waals surface area contributed by atoms with E-state index in [1.165, 1.54) is 51.4 Å². The average molecular weight is 767 g/mol. The van der Waals surface area contributed by atoms with Crippen LogP contribution in [0.25, 0.3) is 0 Å². The van der Waals surface area contributed by atoms with Crippen LogP contribution in [0.4, 0.5) is 0 Å². The van der Waals surface area contributed by atoms with Gasteiger partial charge >= 0.3 is 19.8 Å². The Morgan fingerprint density at radius 2 is 1.17 bits per heavy atom. The van der Waals surface area contributed by atoms with Crippen molar-refractivity contribution in [2.24, 2.45) is 5.92 Å². The third-order valence-corrected chi connectivity index (χ3v) is 8.58. The Bertz CT molecular complexity index is 1130. The molecule has 304 valence electrons. The SMILES string of the molecule is CC/C=C\C[C@@H](O)/C=C/C=C\C=C\[C@@H](O)C/C=C\C/C=C\CCC(=O)OC[C@H](COP(=O)(O)O)OC(=O)CCCCCCCCCCCCCC(C)C. The number of unbranched alkanes of at least 4 members (excludes halogenated alkanes) is 10. The molecule has 4 N–H and O–H groups in total. The average Bonchev–Trinajstić information content (AvgIpc) is 3.10. The van der Waals surface area contributed by atoms with E-state index < -0.39 is 44.7 Å². The molecule has 0 aliphatic carbocycles. The molecule has 53 heavy (non-hydrogen) atoms. The second-order valence-electron chi connectivity index (χ2n) is 13.8. The van der Waals surface area contributed by atoms with Crippen LogP contribution in [0.5, 0.6) is 0 Å². The Labute approximate surface area is 320 Å². The van der Waals surface area contributed by atoms with Gasteiger partial charge < -0.3 is 29.5 Å². The van der Waals surface area contributed by atoms with E-state index in [1.54, 1.807) is 36.5 Å². The van der Waals surface area contributed by atoms with Gasteiger partial charge in [0, 0.05) is 12.8 Å². The molecule has 0 heterocycles. The van der Waals surface area contributed by atoms with Gasteiger partial charge in [0.2, 0.25) is 0 Å². The molecule has 0 spiro atoms. The minimum atomic E-state index is -4.80. The lowest BCUT2D eigenvalue weighted by atomic mass is 10.0. The highest BCUT2D eigenvalue weighted by molar-refractivity contribution is 7.46. The summed E-state index contributed by atoms with van der Waals surface area (Å²) in [4.78, 5) is 42.7. The van der Waals surface area contributed by atoms with Crippen LogP contribution in [0.15, 0.2) is 72.9 Å². The molecule has 0 aromatic heterocycles. The standard InChI is InChI=1S/C42H71O10P/c1-4-5-21-29-38(43)31-24-19-20-25-32-39(44)30-23-16-13-14-17-26-33-41(45)50-35-40(36-51-53(47,48)49)52-42(46)34-27-18-12-10-8-6-7-9-11-15-22-28-37(2)3/h5,14,16-17,19-21,23-25,31-32,37-40,43-44H,4,6-13,15,18,22,26-30,33-36H2,1-3H3,(H2,47,48,49)/b17-14-,20-19-,21-5-,23-16-,31-24+,32-25+/t38-,39+,40-/m1/s1. The first-order valence-corrected chi connectivity index (χ1v) is 21.3. The maximum Gasteiger partial charge on any atom is 0.469 e. The summed E-state index contributed by atoms with van der Waals surface area (Å²) >= 11 is 0. The van der Waals surface area contributed by atoms with Crippen molar-refractivity contribution in [3.05, 3.63) is 72.9 Å². The Balaban J connectivity index is 4.21. The lowest BCUT2D eigenvalue weighted by Gasteiger charge is -2.18. The minimum absolute atomic E-state index is 0.0829. The number of phosphoric ester groups is 1. The summed E-state index contributed by atoms with van der Waals surface area (Å²) in [6, 6.07) is 0. The van der Waals surface area contributed by atoms with Crippen LogP contribution < -0.4 is 0 Å². The monoisotopic (exact) mass is 766 g/mol. The maximum atomic E-state index is 12.4. The minimum Gasteiger partial charge on any atom is -0.462 e. The number of rotatable bonds is 34. The number of hydrogen-bond acceptors (Lipinski definition) is 8. The summed E-state index contributed by atoms with van der Waals surface area (Å²) in [7, 11) is -4.80. The van der Waals surface area contributed by atoms with E-state index in [4.69, 9.17) is 19.3 Å². The molecule has 0 fully saturated rings. The van der Waals surface area contributed by atoms with Crippen LogP contribution in [0.3, 0.4) is 0 Å². The topological polar surface area (TPSA) is 160 Å². The summed E-state index contributed by atoms with van der Waals surface area (Å²) in [5.74, 6) is -0.264. The second kappa shape index (κ2) is 35.1. The van der Waals surface area contributed by atoms with Gasteiger partial charge in [0.1, 0.15) is 6.61 Å². The summed E-state index contributed by atoms with van der Waals surface area (Å²) in [5, 5.41) is 19.9. The number of aliphatic hydroxyl groups excluding tert-OH is 2. The third kappa shape index (κ3) is 38.9. The summed E-state index contributed by atoms with van der Waals surface area (Å²) in [5.41, 5.74) is 0. The zero-order valence-electron chi connectivity index (χ0n) is 32.8. The fraction of sp³-hybridized carbons (Fsp3) is 0.667. The molecule has 11 heteroatoms. The zero-order chi connectivity index (χ0) is 39.4. The van der Waals surface area contributed by atoms with E-state index in [-0.39, 0.29) is 19.4 Å². The smallest absolute Gasteiger partial charge is 0.462 e. The van der Waals surface area contributed by atoms with Crippen molar-refractivity contribution in [1.82, 2.24) is 0 Å². The second-order valence-corrected chi connectivity index (χ2v) is 15.0. The molecule has 10 nitrogen and oxygen atoms in total. The zero-order valence-corrected chi connectivity index (χ0v) is 33.7. The molecule has 0 saturated carbocycles. The van der Waals surface area contributed by atoms with Crippen molar-refractivity contribution in [3.63, 3.8) is 0 Å². The Kier molecular flexibility index (Phi) is 33.4. The van der Waals surface area contributed by atoms with Gasteiger partial charge in [-0.1, -0.05) is 164 Å². The lowest BCUT2D eigenvalue weighted by molar-refractivity contribution is -0.161. The highest BCUT2D eigenvalue weighted by Crippen LogP contribution is 2.36. The normalized spacial score (nSPS) is 14.6. The van der Waals surface area contributed by atoms with Crippen LogP contribution in [0.2, 0.25) is 0 Å². The molecule has 0 amide bonds. The fourth-order valence-corrected chi connectivity index (χ4v) is 5.47. The van der Waals surface area contributed by atoms with E-state index in [1.807, 2.05) is 43.4 Å². The largest absolute Gasteiger partial charge is 0.469 e. The van der Waals surface area contributed by atoms with Gasteiger partial charge in [0.15, 0.2) is 6.10 Å². The first kappa shape index (κ1) is 50.4. The molecule has 0 radical (unpaired) electrons. The first-order chi connectivity index (χ1) is 25.4. The van der Waals surface area contributed by atoms with Crippen LogP contribution in [0, 0.1) is 5.92 Å². The van der Waals surface area contributed by atoms with E-state index >= 15 is 0 Å². The van der Waals surface area contributed by atoms with Gasteiger partial charge in [0.25, 0.3) is 0 Å². The van der Waals surface area contributed by atoms with Crippen molar-refractivity contribution in [1.29, 1.82) is 0 Å². The number of carbonyl (C=O) groups excluding carboxylic acids is 2. The van der Waals surface area contributed by atoms with Crippen molar-refractivity contribution in [3.8, 4) is 0 Å². The molecule has 0 aromatic carbocycles. The molecule has 0 saturated heterocycles. The van der Waals surface area contributed by atoms with E-state index in [0.717, 1.165) is 31.6 Å². The molecule has 3 atom stereocenters. The van der Waals surface area contributed by atoms with Gasteiger partial charge in [-0.15, -0.1) is 0 Å². The highest BCUT2D eigenvalue weighted by atomic mass is 31.2. The first-order valence-electron chi connectivity index (χ1n) is 19.8. The predicted octanol–water partition coefficient (Wildman–Crippen LogP) is 9.70. The Morgan fingerprint density at radius 3 is 1.72 bits per heavy atom. The van der Waals surface area contributed by atoms with Crippen LogP contribution in [-0.2, 0) is 28.2 Å². The van der Waals surface area contributed by atoms with Crippen LogP contribution in [-0.4, -0.2) is 63.5 Å². The molecule has 0 rings (SSSR count). The number of esters is 2.